The van der Waals surface area contributed by atoms with E-state index in [-0.39, 0.29) is 23.8 Å². The Morgan fingerprint density at radius 3 is 2.20 bits per heavy atom. The van der Waals surface area contributed by atoms with Gasteiger partial charge in [0.15, 0.2) is 0 Å². The third kappa shape index (κ3) is 6.68. The molecule has 0 N–H and O–H groups in total. The lowest BCUT2D eigenvalue weighted by Crippen LogP contribution is -2.48. The molecule has 0 saturated carbocycles. The molecule has 0 rings (SSSR count). The molecule has 118 valence electrons. The number of allylic oxidation sites excluding steroid dienone is 1. The molecule has 0 aromatic carbocycles. The molecule has 0 bridgehead atoms. The molecular formula is C15H31NO3Si. The van der Waals surface area contributed by atoms with Crippen LogP contribution in [0.25, 0.3) is 0 Å². The monoisotopic (exact) mass is 301 g/mol. The van der Waals surface area contributed by atoms with Gasteiger partial charge in [-0.05, 0) is 32.0 Å². The Balaban J connectivity index is 5.26. The maximum atomic E-state index is 12.1. The minimum atomic E-state index is -1.70. The molecule has 0 aromatic rings. The standard InChI is InChI=1S/C15H31NO3Si/c1-9-10-11-13(15(17)18-5)14(12(2)3)16(4)19-20(6,7)8/h10-14H,9H2,1-8H3/b11-10+. The maximum Gasteiger partial charge on any atom is 0.314 e. The van der Waals surface area contributed by atoms with E-state index in [4.69, 9.17) is 9.26 Å². The van der Waals surface area contributed by atoms with Gasteiger partial charge in [-0.25, -0.2) is 5.06 Å². The predicted molar refractivity (Wildman–Crippen MR) is 85.8 cm³/mol. The van der Waals surface area contributed by atoms with Crippen LogP contribution < -0.4 is 0 Å². The lowest BCUT2D eigenvalue weighted by atomic mass is 9.89. The summed E-state index contributed by atoms with van der Waals surface area (Å²) in [6.45, 7) is 12.7. The Morgan fingerprint density at radius 1 is 1.30 bits per heavy atom. The molecular weight excluding hydrogens is 270 g/mol. The highest BCUT2D eigenvalue weighted by Gasteiger charge is 2.35. The Kier molecular flexibility index (Phi) is 8.31. The van der Waals surface area contributed by atoms with Gasteiger partial charge in [0.05, 0.1) is 19.1 Å². The highest BCUT2D eigenvalue weighted by atomic mass is 28.4. The van der Waals surface area contributed by atoms with Gasteiger partial charge in [0.1, 0.15) is 0 Å². The Labute approximate surface area is 125 Å². The number of esters is 1. The second-order valence-corrected chi connectivity index (χ2v) is 10.8. The zero-order valence-corrected chi connectivity index (χ0v) is 15.3. The van der Waals surface area contributed by atoms with Crippen LogP contribution in [0.1, 0.15) is 27.2 Å². The molecule has 2 atom stereocenters. The summed E-state index contributed by atoms with van der Waals surface area (Å²) in [6, 6.07) is -0.0306. The Morgan fingerprint density at radius 2 is 1.85 bits per heavy atom. The summed E-state index contributed by atoms with van der Waals surface area (Å²) in [5.41, 5.74) is 0. The fourth-order valence-corrected chi connectivity index (χ4v) is 3.29. The van der Waals surface area contributed by atoms with Crippen molar-refractivity contribution in [2.75, 3.05) is 14.2 Å². The maximum absolute atomic E-state index is 12.1. The van der Waals surface area contributed by atoms with Crippen molar-refractivity contribution in [3.63, 3.8) is 0 Å². The fraction of sp³-hybridized carbons (Fsp3) is 0.800. The van der Waals surface area contributed by atoms with Crippen LogP contribution in [-0.4, -0.2) is 39.5 Å². The number of hydrogen-bond acceptors (Lipinski definition) is 4. The van der Waals surface area contributed by atoms with Gasteiger partial charge < -0.3 is 9.26 Å². The summed E-state index contributed by atoms with van der Waals surface area (Å²) >= 11 is 0. The first-order valence-corrected chi connectivity index (χ1v) is 10.7. The smallest absolute Gasteiger partial charge is 0.314 e. The largest absolute Gasteiger partial charge is 0.469 e. The molecule has 0 aliphatic carbocycles. The summed E-state index contributed by atoms with van der Waals surface area (Å²) in [4.78, 5) is 12.1. The topological polar surface area (TPSA) is 38.8 Å². The SMILES string of the molecule is CC/C=C/C(C(=O)OC)C(C(C)C)N(C)O[Si](C)(C)C. The van der Waals surface area contributed by atoms with Crippen molar-refractivity contribution in [2.45, 2.75) is 52.9 Å². The molecule has 0 spiro atoms. The van der Waals surface area contributed by atoms with Crippen LogP contribution in [0, 0.1) is 11.8 Å². The second-order valence-electron chi connectivity index (χ2n) is 6.37. The van der Waals surface area contributed by atoms with E-state index in [9.17, 15) is 4.79 Å². The molecule has 0 heterocycles. The van der Waals surface area contributed by atoms with Crippen LogP contribution in [0.2, 0.25) is 19.6 Å². The van der Waals surface area contributed by atoms with Crippen LogP contribution >= 0.6 is 0 Å². The highest BCUT2D eigenvalue weighted by molar-refractivity contribution is 6.69. The van der Waals surface area contributed by atoms with E-state index in [0.29, 0.717) is 0 Å². The molecule has 0 aliphatic rings. The van der Waals surface area contributed by atoms with Gasteiger partial charge in [0.2, 0.25) is 8.32 Å². The van der Waals surface area contributed by atoms with E-state index in [0.717, 1.165) is 6.42 Å². The van der Waals surface area contributed by atoms with Gasteiger partial charge in [0, 0.05) is 7.05 Å². The quantitative estimate of drug-likeness (QED) is 0.298. The number of methoxy groups -OCH3 is 1. The summed E-state index contributed by atoms with van der Waals surface area (Å²) in [5, 5.41) is 1.86. The van der Waals surface area contributed by atoms with Gasteiger partial charge in [-0.15, -0.1) is 0 Å². The van der Waals surface area contributed by atoms with Crippen molar-refractivity contribution in [2.24, 2.45) is 11.8 Å². The van der Waals surface area contributed by atoms with Crippen LogP contribution in [0.3, 0.4) is 0 Å². The Hall–Kier alpha value is -0.653. The molecule has 0 saturated heterocycles. The Bertz CT molecular complexity index is 324. The van der Waals surface area contributed by atoms with E-state index in [1.807, 2.05) is 24.3 Å². The van der Waals surface area contributed by atoms with Gasteiger partial charge >= 0.3 is 5.97 Å². The lowest BCUT2D eigenvalue weighted by molar-refractivity contribution is -0.156. The van der Waals surface area contributed by atoms with E-state index >= 15 is 0 Å². The number of rotatable bonds is 8. The van der Waals surface area contributed by atoms with Crippen molar-refractivity contribution < 1.29 is 14.1 Å². The molecule has 5 heteroatoms. The zero-order chi connectivity index (χ0) is 15.9. The summed E-state index contributed by atoms with van der Waals surface area (Å²) in [5.74, 6) is -0.234. The summed E-state index contributed by atoms with van der Waals surface area (Å²) in [6.07, 6.45) is 4.86. The highest BCUT2D eigenvalue weighted by Crippen LogP contribution is 2.24. The number of carbonyl (C=O) groups is 1. The number of hydrogen-bond donors (Lipinski definition) is 0. The number of ether oxygens (including phenoxy) is 1. The van der Waals surface area contributed by atoms with Crippen molar-refractivity contribution in [1.82, 2.24) is 5.06 Å². The molecule has 0 amide bonds. The first-order chi connectivity index (χ1) is 9.14. The van der Waals surface area contributed by atoms with Crippen molar-refractivity contribution in [1.29, 1.82) is 0 Å². The molecule has 0 aliphatic heterocycles. The zero-order valence-electron chi connectivity index (χ0n) is 14.3. The third-order valence-corrected chi connectivity index (χ3v) is 3.78. The molecule has 0 aromatic heterocycles. The van der Waals surface area contributed by atoms with Crippen LogP contribution in [0.15, 0.2) is 12.2 Å². The number of carbonyl (C=O) groups excluding carboxylic acids is 1. The van der Waals surface area contributed by atoms with E-state index in [2.05, 4.69) is 40.4 Å². The van der Waals surface area contributed by atoms with Gasteiger partial charge in [-0.1, -0.05) is 32.9 Å². The third-order valence-electron chi connectivity index (χ3n) is 2.94. The first kappa shape index (κ1) is 19.3. The summed E-state index contributed by atoms with van der Waals surface area (Å²) in [7, 11) is 1.65. The normalized spacial score (nSPS) is 15.9. The molecule has 2 unspecified atom stereocenters. The van der Waals surface area contributed by atoms with Crippen molar-refractivity contribution in [3.05, 3.63) is 12.2 Å². The molecule has 0 radical (unpaired) electrons. The minimum Gasteiger partial charge on any atom is -0.469 e. The van der Waals surface area contributed by atoms with Crippen LogP contribution in [-0.2, 0) is 14.1 Å². The predicted octanol–water partition coefficient (Wildman–Crippen LogP) is 3.46. The fourth-order valence-electron chi connectivity index (χ4n) is 2.30. The van der Waals surface area contributed by atoms with Gasteiger partial charge in [-0.2, -0.15) is 0 Å². The van der Waals surface area contributed by atoms with Crippen molar-refractivity contribution >= 4 is 14.3 Å². The molecule has 0 fully saturated rings. The molecule has 20 heavy (non-hydrogen) atoms. The second kappa shape index (κ2) is 8.59. The average Bonchev–Trinajstić information content (AvgIpc) is 2.30. The van der Waals surface area contributed by atoms with Crippen LogP contribution in [0.5, 0.6) is 0 Å². The van der Waals surface area contributed by atoms with Gasteiger partial charge in [-0.3, -0.25) is 4.79 Å². The van der Waals surface area contributed by atoms with E-state index in [1.54, 1.807) is 0 Å². The van der Waals surface area contributed by atoms with Crippen molar-refractivity contribution in [3.8, 4) is 0 Å². The first-order valence-electron chi connectivity index (χ1n) is 7.30. The molecule has 4 nitrogen and oxygen atoms in total. The minimum absolute atomic E-state index is 0.0306. The number of nitrogens with zero attached hydrogens (tertiary/aromatic N) is 1. The average molecular weight is 302 g/mol. The van der Waals surface area contributed by atoms with Gasteiger partial charge in [0.25, 0.3) is 0 Å². The lowest BCUT2D eigenvalue weighted by Gasteiger charge is -2.37. The van der Waals surface area contributed by atoms with E-state index in [1.165, 1.54) is 7.11 Å². The summed E-state index contributed by atoms with van der Waals surface area (Å²) < 4.78 is 11.0. The van der Waals surface area contributed by atoms with E-state index < -0.39 is 8.32 Å². The van der Waals surface area contributed by atoms with Crippen LogP contribution in [0.4, 0.5) is 0 Å². The number of hydroxylamine groups is 2.